The Labute approximate surface area is 171 Å². The summed E-state index contributed by atoms with van der Waals surface area (Å²) in [6.07, 6.45) is 15.9. The van der Waals surface area contributed by atoms with Crippen LogP contribution >= 0.6 is 12.4 Å². The van der Waals surface area contributed by atoms with Gasteiger partial charge in [0, 0.05) is 23.3 Å². The van der Waals surface area contributed by atoms with Crippen LogP contribution in [0.3, 0.4) is 0 Å². The summed E-state index contributed by atoms with van der Waals surface area (Å²) in [6, 6.07) is 8.63. The third-order valence-electron chi connectivity index (χ3n) is 5.50. The summed E-state index contributed by atoms with van der Waals surface area (Å²) >= 11 is 0. The fraction of sp³-hybridized carbons (Fsp3) is 0.609. The summed E-state index contributed by atoms with van der Waals surface area (Å²) in [7, 11) is 0. The summed E-state index contributed by atoms with van der Waals surface area (Å²) in [5.41, 5.74) is 5.36. The summed E-state index contributed by atoms with van der Waals surface area (Å²) in [5.74, 6) is 0. The Morgan fingerprint density at radius 2 is 1.56 bits per heavy atom. The van der Waals surface area contributed by atoms with Gasteiger partial charge < -0.3 is 10.8 Å². The maximum absolute atomic E-state index is 4.93. The number of nitrogens with zero attached hydrogens (tertiary/aromatic N) is 1. The molecule has 4 heteroatoms. The Kier molecular flexibility index (Phi) is 11.4. The highest BCUT2D eigenvalue weighted by molar-refractivity contribution is 5.93. The smallest absolute Gasteiger partial charge is 0.0726 e. The molecular weight excluding hydrogens is 356 g/mol. The minimum absolute atomic E-state index is 0. The van der Waals surface area contributed by atoms with E-state index in [1.54, 1.807) is 0 Å². The number of aromatic nitrogens is 1. The van der Waals surface area contributed by atoms with Gasteiger partial charge in [0.2, 0.25) is 0 Å². The molecule has 0 radical (unpaired) electrons. The Hall–Kier alpha value is -1.32. The number of benzene rings is 1. The maximum Gasteiger partial charge on any atom is 0.0726 e. The first-order valence-corrected chi connectivity index (χ1v) is 10.5. The van der Waals surface area contributed by atoms with Crippen molar-refractivity contribution in [3.8, 4) is 0 Å². The number of hydrogen-bond acceptors (Lipinski definition) is 2. The minimum atomic E-state index is 0. The van der Waals surface area contributed by atoms with E-state index in [4.69, 9.17) is 4.98 Å². The summed E-state index contributed by atoms with van der Waals surface area (Å²) < 4.78 is 0. The average molecular weight is 393 g/mol. The van der Waals surface area contributed by atoms with Crippen LogP contribution in [-0.2, 0) is 12.8 Å². The van der Waals surface area contributed by atoms with Gasteiger partial charge >= 0.3 is 0 Å². The Bertz CT molecular complexity index is 675. The number of halogens is 1. The van der Waals surface area contributed by atoms with Gasteiger partial charge in [-0.15, -0.1) is 12.4 Å². The van der Waals surface area contributed by atoms with Crippen LogP contribution in [0.25, 0.3) is 10.9 Å². The normalized spacial score (nSPS) is 12.8. The lowest BCUT2D eigenvalue weighted by atomic mass is 9.92. The molecule has 3 N–H and O–H groups in total. The average Bonchev–Trinajstić information content (AvgIpc) is 2.66. The van der Waals surface area contributed by atoms with Crippen LogP contribution in [0.1, 0.15) is 82.4 Å². The number of fused-ring (bicyclic) bond motifs is 2. The standard InChI is InChI=1S/C23H34N2.ClH.H2O/c1-2-3-4-5-6-7-8-13-18-24-23-19-14-9-11-16-21(19)25-22-17-12-10-15-20(22)23;;/h9,11,14,16H,2-8,10,12-13,15,17-18H2,1H3,(H,24,25);1H;1H2. The second-order valence-electron chi connectivity index (χ2n) is 7.54. The largest absolute Gasteiger partial charge is 0.412 e. The lowest BCUT2D eigenvalue weighted by Gasteiger charge is -2.21. The van der Waals surface area contributed by atoms with Crippen LogP contribution in [0.5, 0.6) is 0 Å². The highest BCUT2D eigenvalue weighted by Crippen LogP contribution is 2.33. The van der Waals surface area contributed by atoms with Crippen molar-refractivity contribution in [2.24, 2.45) is 0 Å². The number of para-hydroxylation sites is 1. The van der Waals surface area contributed by atoms with E-state index in [0.717, 1.165) is 18.5 Å². The maximum atomic E-state index is 4.93. The zero-order chi connectivity index (χ0) is 17.3. The third-order valence-corrected chi connectivity index (χ3v) is 5.50. The van der Waals surface area contributed by atoms with Crippen molar-refractivity contribution in [1.29, 1.82) is 0 Å². The van der Waals surface area contributed by atoms with Crippen molar-refractivity contribution in [3.05, 3.63) is 35.5 Å². The van der Waals surface area contributed by atoms with Crippen molar-refractivity contribution in [3.63, 3.8) is 0 Å². The van der Waals surface area contributed by atoms with Crippen molar-refractivity contribution in [1.82, 2.24) is 4.98 Å². The van der Waals surface area contributed by atoms with Gasteiger partial charge in [0.15, 0.2) is 0 Å². The first-order chi connectivity index (χ1) is 12.4. The number of aryl methyl sites for hydroxylation is 1. The molecule has 0 bridgehead atoms. The molecule has 1 aromatic heterocycles. The lowest BCUT2D eigenvalue weighted by molar-refractivity contribution is 0.581. The van der Waals surface area contributed by atoms with Crippen LogP contribution in [0, 0.1) is 0 Å². The molecule has 3 rings (SSSR count). The van der Waals surface area contributed by atoms with Gasteiger partial charge in [-0.2, -0.15) is 0 Å². The van der Waals surface area contributed by atoms with E-state index in [2.05, 4.69) is 36.5 Å². The molecule has 1 aliphatic rings. The molecule has 0 unspecified atom stereocenters. The molecule has 0 amide bonds. The first kappa shape index (κ1) is 23.7. The second kappa shape index (κ2) is 13.0. The van der Waals surface area contributed by atoms with E-state index in [9.17, 15) is 0 Å². The van der Waals surface area contributed by atoms with Crippen LogP contribution < -0.4 is 5.32 Å². The number of unbranched alkanes of at least 4 members (excludes halogenated alkanes) is 7. The quantitative estimate of drug-likeness (QED) is 0.485. The predicted molar refractivity (Wildman–Crippen MR) is 120 cm³/mol. The van der Waals surface area contributed by atoms with Gasteiger partial charge in [0.25, 0.3) is 0 Å². The van der Waals surface area contributed by atoms with Gasteiger partial charge in [0.05, 0.1) is 5.52 Å². The molecule has 1 aromatic carbocycles. The van der Waals surface area contributed by atoms with Crippen molar-refractivity contribution in [2.75, 3.05) is 11.9 Å². The molecule has 152 valence electrons. The van der Waals surface area contributed by atoms with Gasteiger partial charge in [-0.25, -0.2) is 0 Å². The molecule has 0 saturated heterocycles. The van der Waals surface area contributed by atoms with E-state index < -0.39 is 0 Å². The molecule has 27 heavy (non-hydrogen) atoms. The first-order valence-electron chi connectivity index (χ1n) is 10.5. The molecule has 0 spiro atoms. The summed E-state index contributed by atoms with van der Waals surface area (Å²) in [6.45, 7) is 3.38. The molecular formula is C23H37ClN2O. The second-order valence-corrected chi connectivity index (χ2v) is 7.54. The molecule has 0 saturated carbocycles. The number of rotatable bonds is 10. The van der Waals surface area contributed by atoms with Crippen LogP contribution in [-0.4, -0.2) is 17.0 Å². The van der Waals surface area contributed by atoms with E-state index in [0.29, 0.717) is 0 Å². The Morgan fingerprint density at radius 1 is 0.889 bits per heavy atom. The van der Waals surface area contributed by atoms with E-state index in [1.165, 1.54) is 93.0 Å². The molecule has 0 atom stereocenters. The van der Waals surface area contributed by atoms with Crippen LogP contribution in [0.15, 0.2) is 24.3 Å². The van der Waals surface area contributed by atoms with E-state index >= 15 is 0 Å². The zero-order valence-electron chi connectivity index (χ0n) is 16.9. The molecule has 0 fully saturated rings. The van der Waals surface area contributed by atoms with Gasteiger partial charge in [0.1, 0.15) is 0 Å². The number of nitrogens with one attached hydrogen (secondary N) is 1. The number of pyridine rings is 1. The number of hydrogen-bond donors (Lipinski definition) is 1. The van der Waals surface area contributed by atoms with Crippen molar-refractivity contribution in [2.45, 2.75) is 84.0 Å². The highest BCUT2D eigenvalue weighted by Gasteiger charge is 2.17. The molecule has 1 heterocycles. The van der Waals surface area contributed by atoms with Crippen LogP contribution in [0.2, 0.25) is 0 Å². The zero-order valence-corrected chi connectivity index (χ0v) is 17.7. The fourth-order valence-corrected chi connectivity index (χ4v) is 4.05. The van der Waals surface area contributed by atoms with Gasteiger partial charge in [-0.05, 0) is 43.7 Å². The monoisotopic (exact) mass is 392 g/mol. The minimum Gasteiger partial charge on any atom is -0.412 e. The van der Waals surface area contributed by atoms with Crippen molar-refractivity contribution >= 4 is 29.0 Å². The summed E-state index contributed by atoms with van der Waals surface area (Å²) in [5, 5.41) is 5.10. The fourth-order valence-electron chi connectivity index (χ4n) is 4.05. The highest BCUT2D eigenvalue weighted by atomic mass is 35.5. The van der Waals surface area contributed by atoms with E-state index in [-0.39, 0.29) is 17.9 Å². The predicted octanol–water partition coefficient (Wildman–Crippen LogP) is 6.26. The van der Waals surface area contributed by atoms with Gasteiger partial charge in [-0.1, -0.05) is 70.1 Å². The Balaban J connectivity index is 0.00000182. The Morgan fingerprint density at radius 3 is 2.33 bits per heavy atom. The lowest BCUT2D eigenvalue weighted by Crippen LogP contribution is -2.12. The topological polar surface area (TPSA) is 56.4 Å². The van der Waals surface area contributed by atoms with Crippen molar-refractivity contribution < 1.29 is 5.48 Å². The van der Waals surface area contributed by atoms with Crippen LogP contribution in [0.4, 0.5) is 5.69 Å². The number of anilines is 1. The third kappa shape index (κ3) is 6.65. The molecule has 3 nitrogen and oxygen atoms in total. The molecule has 2 aromatic rings. The SMILES string of the molecule is CCCCCCCCCCNc1c2c(nc3ccccc13)CCCC2.Cl.O. The molecule has 1 aliphatic carbocycles. The van der Waals surface area contributed by atoms with Gasteiger partial charge in [-0.3, -0.25) is 4.98 Å². The molecule has 0 aliphatic heterocycles. The van der Waals surface area contributed by atoms with E-state index in [1.807, 2.05) is 0 Å². The summed E-state index contributed by atoms with van der Waals surface area (Å²) in [4.78, 5) is 4.93.